The Morgan fingerprint density at radius 3 is 2.00 bits per heavy atom. The highest BCUT2D eigenvalue weighted by Gasteiger charge is 2.15. The lowest BCUT2D eigenvalue weighted by molar-refractivity contribution is 0.783. The van der Waals surface area contributed by atoms with E-state index in [2.05, 4.69) is 20.3 Å². The zero-order valence-corrected chi connectivity index (χ0v) is 12.9. The summed E-state index contributed by atoms with van der Waals surface area (Å²) in [6.45, 7) is 1.61. The molecule has 0 aliphatic carbocycles. The van der Waals surface area contributed by atoms with Crippen LogP contribution in [-0.2, 0) is 0 Å². The number of aryl methyl sites for hydroxylation is 1. The second kappa shape index (κ2) is 5.66. The van der Waals surface area contributed by atoms with Gasteiger partial charge in [-0.1, -0.05) is 60.7 Å². The van der Waals surface area contributed by atoms with Crippen LogP contribution in [0.1, 0.15) is 5.69 Å². The molecule has 0 saturated heterocycles. The van der Waals surface area contributed by atoms with Crippen LogP contribution in [0.5, 0.6) is 0 Å². The van der Waals surface area contributed by atoms with Crippen LogP contribution < -0.4 is 5.56 Å². The highest BCUT2D eigenvalue weighted by molar-refractivity contribution is 5.78. The molecule has 0 bridgehead atoms. The predicted octanol–water partition coefficient (Wildman–Crippen LogP) is 2.52. The highest BCUT2D eigenvalue weighted by atomic mass is 16.1. The summed E-state index contributed by atoms with van der Waals surface area (Å²) in [5.74, 6) is 0.184. The molecule has 0 aliphatic heterocycles. The van der Waals surface area contributed by atoms with E-state index in [-0.39, 0.29) is 17.0 Å². The summed E-state index contributed by atoms with van der Waals surface area (Å²) in [7, 11) is 0. The number of rotatable bonds is 2. The molecule has 24 heavy (non-hydrogen) atoms. The maximum Gasteiger partial charge on any atom is 0.297 e. The average molecular weight is 315 g/mol. The van der Waals surface area contributed by atoms with Gasteiger partial charge in [-0.05, 0) is 6.92 Å². The van der Waals surface area contributed by atoms with Crippen LogP contribution in [0.3, 0.4) is 0 Å². The van der Waals surface area contributed by atoms with Crippen LogP contribution in [-0.4, -0.2) is 24.8 Å². The topological polar surface area (TPSA) is 73.0 Å². The zero-order chi connectivity index (χ0) is 16.5. The minimum Gasteiger partial charge on any atom is -0.265 e. The molecule has 2 aromatic carbocycles. The van der Waals surface area contributed by atoms with Gasteiger partial charge >= 0.3 is 0 Å². The van der Waals surface area contributed by atoms with E-state index in [0.29, 0.717) is 11.4 Å². The van der Waals surface area contributed by atoms with Gasteiger partial charge in [0.05, 0.1) is 0 Å². The van der Waals surface area contributed by atoms with Gasteiger partial charge in [0.2, 0.25) is 0 Å². The van der Waals surface area contributed by atoms with E-state index in [9.17, 15) is 4.79 Å². The summed E-state index contributed by atoms with van der Waals surface area (Å²) >= 11 is 0. The van der Waals surface area contributed by atoms with E-state index < -0.39 is 0 Å². The lowest BCUT2D eigenvalue weighted by Crippen LogP contribution is -2.23. The normalized spacial score (nSPS) is 10.9. The summed E-state index contributed by atoms with van der Waals surface area (Å²) in [5.41, 5.74) is 3.05. The Bertz CT molecular complexity index is 1080. The van der Waals surface area contributed by atoms with Crippen molar-refractivity contribution >= 4 is 5.78 Å². The van der Waals surface area contributed by atoms with Gasteiger partial charge in [-0.2, -0.15) is 9.61 Å². The van der Waals surface area contributed by atoms with Crippen molar-refractivity contribution in [2.45, 2.75) is 6.92 Å². The summed E-state index contributed by atoms with van der Waals surface area (Å²) in [6.07, 6.45) is 0. The first-order chi connectivity index (χ1) is 11.7. The van der Waals surface area contributed by atoms with Crippen molar-refractivity contribution < 1.29 is 0 Å². The molecule has 0 fully saturated rings. The van der Waals surface area contributed by atoms with Crippen LogP contribution in [0.15, 0.2) is 65.5 Å². The van der Waals surface area contributed by atoms with Crippen molar-refractivity contribution in [3.8, 4) is 22.5 Å². The van der Waals surface area contributed by atoms with Crippen LogP contribution in [0, 0.1) is 6.92 Å². The van der Waals surface area contributed by atoms with Gasteiger partial charge in [0.25, 0.3) is 11.3 Å². The maximum atomic E-state index is 12.3. The van der Waals surface area contributed by atoms with E-state index in [1.54, 1.807) is 6.92 Å². The second-order valence-electron chi connectivity index (χ2n) is 5.34. The van der Waals surface area contributed by atoms with Gasteiger partial charge in [-0.15, -0.1) is 10.2 Å². The highest BCUT2D eigenvalue weighted by Crippen LogP contribution is 2.28. The third-order valence-corrected chi connectivity index (χ3v) is 3.71. The Balaban J connectivity index is 2.10. The van der Waals surface area contributed by atoms with Crippen molar-refractivity contribution in [2.24, 2.45) is 0 Å². The number of hydrogen-bond acceptors (Lipinski definition) is 5. The molecule has 0 amide bonds. The van der Waals surface area contributed by atoms with Crippen molar-refractivity contribution in [1.29, 1.82) is 0 Å². The summed E-state index contributed by atoms with van der Waals surface area (Å²) in [6, 6.07) is 19.4. The quantitative estimate of drug-likeness (QED) is 0.568. The van der Waals surface area contributed by atoms with Crippen molar-refractivity contribution in [1.82, 2.24) is 24.8 Å². The molecule has 2 aromatic heterocycles. The van der Waals surface area contributed by atoms with E-state index in [4.69, 9.17) is 0 Å². The molecule has 4 rings (SSSR count). The Kier molecular flexibility index (Phi) is 3.35. The SMILES string of the molecule is Cc1nnc2nc(-c3ccccc3)c(-c3ccccc3)nn2c1=O. The smallest absolute Gasteiger partial charge is 0.265 e. The molecule has 0 aliphatic rings. The zero-order valence-electron chi connectivity index (χ0n) is 12.9. The summed E-state index contributed by atoms with van der Waals surface area (Å²) in [4.78, 5) is 16.9. The van der Waals surface area contributed by atoms with Gasteiger partial charge < -0.3 is 0 Å². The molecule has 0 radical (unpaired) electrons. The summed E-state index contributed by atoms with van der Waals surface area (Å²) in [5, 5.41) is 12.4. The fourth-order valence-corrected chi connectivity index (χ4v) is 2.50. The molecule has 4 aromatic rings. The molecule has 0 spiro atoms. The Morgan fingerprint density at radius 1 is 0.792 bits per heavy atom. The first-order valence-electron chi connectivity index (χ1n) is 7.49. The fraction of sp³-hybridized carbons (Fsp3) is 0.0556. The Labute approximate surface area is 137 Å². The monoisotopic (exact) mass is 315 g/mol. The number of fused-ring (bicyclic) bond motifs is 1. The standard InChI is InChI=1S/C18H13N5O/c1-12-17(24)23-18(21-20-12)19-15(13-8-4-2-5-9-13)16(22-23)14-10-6-3-7-11-14/h2-11H,1H3. The number of hydrogen-bond donors (Lipinski definition) is 0. The minimum atomic E-state index is -0.315. The lowest BCUT2D eigenvalue weighted by atomic mass is 10.0. The molecule has 0 unspecified atom stereocenters. The molecule has 116 valence electrons. The first kappa shape index (κ1) is 14.2. The average Bonchev–Trinajstić information content (AvgIpc) is 2.65. The van der Waals surface area contributed by atoms with E-state index in [0.717, 1.165) is 11.1 Å². The fourth-order valence-electron chi connectivity index (χ4n) is 2.50. The second-order valence-corrected chi connectivity index (χ2v) is 5.34. The molecule has 2 heterocycles. The number of aromatic nitrogens is 5. The number of nitrogens with zero attached hydrogens (tertiary/aromatic N) is 5. The van der Waals surface area contributed by atoms with E-state index in [1.165, 1.54) is 4.52 Å². The molecule has 0 saturated carbocycles. The Hall–Kier alpha value is -3.41. The third-order valence-electron chi connectivity index (χ3n) is 3.71. The summed E-state index contributed by atoms with van der Waals surface area (Å²) < 4.78 is 1.21. The third kappa shape index (κ3) is 2.34. The van der Waals surface area contributed by atoms with E-state index >= 15 is 0 Å². The molecule has 6 heteroatoms. The molecular formula is C18H13N5O. The first-order valence-corrected chi connectivity index (χ1v) is 7.49. The molecule has 6 nitrogen and oxygen atoms in total. The van der Waals surface area contributed by atoms with Crippen LogP contribution in [0.25, 0.3) is 28.3 Å². The van der Waals surface area contributed by atoms with Gasteiger partial charge in [-0.3, -0.25) is 4.79 Å². The molecular weight excluding hydrogens is 302 g/mol. The van der Waals surface area contributed by atoms with Crippen molar-refractivity contribution in [3.05, 3.63) is 76.7 Å². The van der Waals surface area contributed by atoms with E-state index in [1.807, 2.05) is 60.7 Å². The van der Waals surface area contributed by atoms with Gasteiger partial charge in [-0.25, -0.2) is 4.98 Å². The molecule has 0 N–H and O–H groups in total. The van der Waals surface area contributed by atoms with Gasteiger partial charge in [0.1, 0.15) is 17.1 Å². The van der Waals surface area contributed by atoms with Gasteiger partial charge in [0, 0.05) is 11.1 Å². The largest absolute Gasteiger partial charge is 0.297 e. The van der Waals surface area contributed by atoms with Crippen LogP contribution in [0.4, 0.5) is 0 Å². The number of benzene rings is 2. The van der Waals surface area contributed by atoms with Crippen LogP contribution >= 0.6 is 0 Å². The van der Waals surface area contributed by atoms with Crippen molar-refractivity contribution in [3.63, 3.8) is 0 Å². The van der Waals surface area contributed by atoms with Crippen molar-refractivity contribution in [2.75, 3.05) is 0 Å². The minimum absolute atomic E-state index is 0.184. The maximum absolute atomic E-state index is 12.3. The predicted molar refractivity (Wildman–Crippen MR) is 90.5 cm³/mol. The lowest BCUT2D eigenvalue weighted by Gasteiger charge is -2.10. The Morgan fingerprint density at radius 2 is 1.38 bits per heavy atom. The van der Waals surface area contributed by atoms with Gasteiger partial charge in [0.15, 0.2) is 0 Å². The van der Waals surface area contributed by atoms with Crippen LogP contribution in [0.2, 0.25) is 0 Å². The molecule has 0 atom stereocenters.